The van der Waals surface area contributed by atoms with Crippen molar-refractivity contribution < 1.29 is 0 Å². The first-order valence-corrected chi connectivity index (χ1v) is 6.07. The van der Waals surface area contributed by atoms with Crippen LogP contribution < -0.4 is 5.73 Å². The summed E-state index contributed by atoms with van der Waals surface area (Å²) in [5, 5.41) is 0. The summed E-state index contributed by atoms with van der Waals surface area (Å²) in [5.74, 6) is 0.549. The predicted octanol–water partition coefficient (Wildman–Crippen LogP) is 3.38. The van der Waals surface area contributed by atoms with E-state index in [0.29, 0.717) is 5.92 Å². The highest BCUT2D eigenvalue weighted by molar-refractivity contribution is 5.51. The third kappa shape index (κ3) is 1.47. The second kappa shape index (κ2) is 3.82. The Morgan fingerprint density at radius 3 is 3.06 bits per heavy atom. The maximum atomic E-state index is 6.15. The van der Waals surface area contributed by atoms with Crippen LogP contribution in [0.3, 0.4) is 0 Å². The zero-order chi connectivity index (χ0) is 11.0. The predicted molar refractivity (Wildman–Crippen MR) is 67.6 cm³/mol. The molecule has 0 heterocycles. The topological polar surface area (TPSA) is 26.0 Å². The normalized spacial score (nSPS) is 27.9. The minimum Gasteiger partial charge on any atom is -0.398 e. The fourth-order valence-corrected chi connectivity index (χ4v) is 2.92. The molecule has 0 saturated heterocycles. The summed E-state index contributed by atoms with van der Waals surface area (Å²) < 4.78 is 0. The van der Waals surface area contributed by atoms with Crippen molar-refractivity contribution in [1.29, 1.82) is 0 Å². The van der Waals surface area contributed by atoms with Crippen LogP contribution in [0.15, 0.2) is 58.9 Å². The van der Waals surface area contributed by atoms with Gasteiger partial charge in [0.25, 0.3) is 0 Å². The summed E-state index contributed by atoms with van der Waals surface area (Å²) in [6.07, 6.45) is 17.9. The van der Waals surface area contributed by atoms with Crippen molar-refractivity contribution in [3.05, 3.63) is 58.9 Å². The van der Waals surface area contributed by atoms with Gasteiger partial charge in [0, 0.05) is 11.6 Å². The highest BCUT2D eigenvalue weighted by atomic mass is 14.6. The van der Waals surface area contributed by atoms with Crippen LogP contribution in [0, 0.1) is 5.92 Å². The Morgan fingerprint density at radius 1 is 1.19 bits per heavy atom. The molecule has 3 aliphatic rings. The van der Waals surface area contributed by atoms with Crippen molar-refractivity contribution in [3.8, 4) is 0 Å². The van der Waals surface area contributed by atoms with Gasteiger partial charge in [-0.2, -0.15) is 0 Å². The third-order valence-corrected chi connectivity index (χ3v) is 3.74. The second-order valence-electron chi connectivity index (χ2n) is 4.70. The standard InChI is InChI=1S/C15H17N/c16-15-10-11-6-2-1-3-7-12(11)13-8-4-5-9-14(13)15/h1,3-5,9-10,13H,2,6-8,16H2. The quantitative estimate of drug-likeness (QED) is 0.611. The molecule has 0 aromatic heterocycles. The van der Waals surface area contributed by atoms with Gasteiger partial charge >= 0.3 is 0 Å². The van der Waals surface area contributed by atoms with E-state index in [1.807, 2.05) is 0 Å². The second-order valence-corrected chi connectivity index (χ2v) is 4.70. The van der Waals surface area contributed by atoms with Gasteiger partial charge in [0.2, 0.25) is 0 Å². The Morgan fingerprint density at radius 2 is 2.12 bits per heavy atom. The van der Waals surface area contributed by atoms with Crippen LogP contribution >= 0.6 is 0 Å². The molecule has 0 aromatic carbocycles. The zero-order valence-electron chi connectivity index (χ0n) is 9.45. The molecule has 2 N–H and O–H groups in total. The van der Waals surface area contributed by atoms with Crippen LogP contribution in [0.2, 0.25) is 0 Å². The Labute approximate surface area is 96.7 Å². The van der Waals surface area contributed by atoms with E-state index in [-0.39, 0.29) is 0 Å². The van der Waals surface area contributed by atoms with Gasteiger partial charge in [0.15, 0.2) is 0 Å². The lowest BCUT2D eigenvalue weighted by molar-refractivity contribution is 0.683. The molecule has 1 nitrogen and oxygen atoms in total. The minimum absolute atomic E-state index is 0.549. The lowest BCUT2D eigenvalue weighted by Crippen LogP contribution is -2.20. The van der Waals surface area contributed by atoms with Gasteiger partial charge in [-0.3, -0.25) is 0 Å². The first kappa shape index (κ1) is 9.71. The number of hydrogen-bond donors (Lipinski definition) is 1. The molecule has 0 radical (unpaired) electrons. The summed E-state index contributed by atoms with van der Waals surface area (Å²) in [6, 6.07) is 0. The molecule has 0 saturated carbocycles. The summed E-state index contributed by atoms with van der Waals surface area (Å²) in [5.41, 5.74) is 11.5. The molecule has 0 aliphatic heterocycles. The Hall–Kier alpha value is -1.50. The van der Waals surface area contributed by atoms with Gasteiger partial charge < -0.3 is 5.73 Å². The average molecular weight is 211 g/mol. The van der Waals surface area contributed by atoms with Gasteiger partial charge in [0.05, 0.1) is 0 Å². The molecule has 0 fully saturated rings. The lowest BCUT2D eigenvalue weighted by atomic mass is 9.76. The molecule has 0 spiro atoms. The Balaban J connectivity index is 2.07. The molecule has 0 amide bonds. The molecule has 3 rings (SSSR count). The minimum atomic E-state index is 0.549. The van der Waals surface area contributed by atoms with E-state index < -0.39 is 0 Å². The summed E-state index contributed by atoms with van der Waals surface area (Å²) in [7, 11) is 0. The van der Waals surface area contributed by atoms with Crippen molar-refractivity contribution in [2.45, 2.75) is 25.7 Å². The van der Waals surface area contributed by atoms with Crippen LogP contribution in [-0.2, 0) is 0 Å². The first-order chi connectivity index (χ1) is 7.86. The van der Waals surface area contributed by atoms with E-state index in [9.17, 15) is 0 Å². The molecular weight excluding hydrogens is 194 g/mol. The fourth-order valence-electron chi connectivity index (χ4n) is 2.92. The maximum Gasteiger partial charge on any atom is 0.0355 e. The Kier molecular flexibility index (Phi) is 2.32. The zero-order valence-corrected chi connectivity index (χ0v) is 9.45. The van der Waals surface area contributed by atoms with Crippen LogP contribution in [0.5, 0.6) is 0 Å². The van der Waals surface area contributed by atoms with E-state index >= 15 is 0 Å². The van der Waals surface area contributed by atoms with Gasteiger partial charge in [-0.25, -0.2) is 0 Å². The molecular formula is C15H17N. The summed E-state index contributed by atoms with van der Waals surface area (Å²) in [4.78, 5) is 0. The average Bonchev–Trinajstić information content (AvgIpc) is 2.55. The number of fused-ring (bicyclic) bond motifs is 2. The highest BCUT2D eigenvalue weighted by Crippen LogP contribution is 2.40. The largest absolute Gasteiger partial charge is 0.398 e. The number of rotatable bonds is 0. The van der Waals surface area contributed by atoms with Crippen LogP contribution in [0.1, 0.15) is 25.7 Å². The molecule has 3 aliphatic carbocycles. The molecule has 1 unspecified atom stereocenters. The maximum absolute atomic E-state index is 6.15. The molecule has 1 atom stereocenters. The SMILES string of the molecule is NC1=CC2=C(CC=CCC2)C2CC=CC=C12. The van der Waals surface area contributed by atoms with E-state index in [2.05, 4.69) is 36.5 Å². The molecule has 16 heavy (non-hydrogen) atoms. The highest BCUT2D eigenvalue weighted by Gasteiger charge is 2.27. The Bertz CT molecular complexity index is 458. The monoisotopic (exact) mass is 211 g/mol. The van der Waals surface area contributed by atoms with Gasteiger partial charge in [-0.05, 0) is 42.9 Å². The van der Waals surface area contributed by atoms with Crippen LogP contribution in [0.4, 0.5) is 0 Å². The molecule has 0 bridgehead atoms. The first-order valence-electron chi connectivity index (χ1n) is 6.07. The number of hydrogen-bond acceptors (Lipinski definition) is 1. The summed E-state index contributed by atoms with van der Waals surface area (Å²) in [6.45, 7) is 0. The smallest absolute Gasteiger partial charge is 0.0355 e. The van der Waals surface area contributed by atoms with Crippen molar-refractivity contribution in [2.75, 3.05) is 0 Å². The fraction of sp³-hybridized carbons (Fsp3) is 0.333. The third-order valence-electron chi connectivity index (χ3n) is 3.74. The molecule has 1 heteroatoms. The van der Waals surface area contributed by atoms with E-state index in [0.717, 1.165) is 31.4 Å². The number of nitrogens with two attached hydrogens (primary N) is 1. The lowest BCUT2D eigenvalue weighted by Gasteiger charge is -2.30. The molecule has 82 valence electrons. The molecule has 0 aromatic rings. The van der Waals surface area contributed by atoms with Gasteiger partial charge in [0.1, 0.15) is 0 Å². The van der Waals surface area contributed by atoms with Crippen molar-refractivity contribution in [1.82, 2.24) is 0 Å². The van der Waals surface area contributed by atoms with Crippen molar-refractivity contribution in [3.63, 3.8) is 0 Å². The van der Waals surface area contributed by atoms with Gasteiger partial charge in [-0.15, -0.1) is 0 Å². The van der Waals surface area contributed by atoms with Crippen molar-refractivity contribution >= 4 is 0 Å². The number of allylic oxidation sites excluding steroid dienone is 9. The van der Waals surface area contributed by atoms with E-state index in [1.54, 1.807) is 5.57 Å². The van der Waals surface area contributed by atoms with E-state index in [4.69, 9.17) is 5.73 Å². The van der Waals surface area contributed by atoms with Gasteiger partial charge in [-0.1, -0.05) is 36.0 Å². The van der Waals surface area contributed by atoms with E-state index in [1.165, 1.54) is 11.1 Å². The summed E-state index contributed by atoms with van der Waals surface area (Å²) >= 11 is 0. The van der Waals surface area contributed by atoms with Crippen LogP contribution in [0.25, 0.3) is 0 Å². The van der Waals surface area contributed by atoms with Crippen LogP contribution in [-0.4, -0.2) is 0 Å². The van der Waals surface area contributed by atoms with Crippen molar-refractivity contribution in [2.24, 2.45) is 11.7 Å².